The monoisotopic (exact) mass is 291 g/mol. The molecule has 1 N–H and O–H groups in total. The SMILES string of the molecule is O=C(NCc1ccc2c(c1)OCO2)c1ccc(F)cc1F. The molecule has 0 unspecified atom stereocenters. The molecule has 1 aliphatic heterocycles. The average molecular weight is 291 g/mol. The Balaban J connectivity index is 1.68. The molecule has 6 heteroatoms. The van der Waals surface area contributed by atoms with Gasteiger partial charge in [0.05, 0.1) is 5.56 Å². The fourth-order valence-electron chi connectivity index (χ4n) is 2.00. The van der Waals surface area contributed by atoms with Crippen LogP contribution in [0.25, 0.3) is 0 Å². The minimum Gasteiger partial charge on any atom is -0.454 e. The van der Waals surface area contributed by atoms with E-state index in [2.05, 4.69) is 5.32 Å². The summed E-state index contributed by atoms with van der Waals surface area (Å²) in [4.78, 5) is 11.9. The number of hydrogen-bond donors (Lipinski definition) is 1. The van der Waals surface area contributed by atoms with Crippen molar-refractivity contribution >= 4 is 5.91 Å². The lowest BCUT2D eigenvalue weighted by Gasteiger charge is -2.07. The molecule has 3 rings (SSSR count). The Morgan fingerprint density at radius 1 is 1.10 bits per heavy atom. The summed E-state index contributed by atoms with van der Waals surface area (Å²) in [5, 5.41) is 2.57. The van der Waals surface area contributed by atoms with Crippen LogP contribution in [0.3, 0.4) is 0 Å². The molecule has 4 nitrogen and oxygen atoms in total. The van der Waals surface area contributed by atoms with Crippen molar-refractivity contribution in [1.29, 1.82) is 0 Å². The van der Waals surface area contributed by atoms with Gasteiger partial charge in [0.2, 0.25) is 6.79 Å². The normalized spacial score (nSPS) is 12.3. The van der Waals surface area contributed by atoms with Crippen molar-refractivity contribution in [2.75, 3.05) is 6.79 Å². The summed E-state index contributed by atoms with van der Waals surface area (Å²) in [6.07, 6.45) is 0. The smallest absolute Gasteiger partial charge is 0.254 e. The third-order valence-electron chi connectivity index (χ3n) is 3.07. The molecule has 21 heavy (non-hydrogen) atoms. The van der Waals surface area contributed by atoms with Gasteiger partial charge in [-0.3, -0.25) is 4.79 Å². The fraction of sp³-hybridized carbons (Fsp3) is 0.133. The van der Waals surface area contributed by atoms with Crippen LogP contribution in [-0.2, 0) is 6.54 Å². The summed E-state index contributed by atoms with van der Waals surface area (Å²) >= 11 is 0. The Hall–Kier alpha value is -2.63. The van der Waals surface area contributed by atoms with E-state index in [0.29, 0.717) is 17.6 Å². The molecule has 0 spiro atoms. The molecule has 0 radical (unpaired) electrons. The molecule has 1 aliphatic rings. The standard InChI is InChI=1S/C15H11F2NO3/c16-10-2-3-11(12(17)6-10)15(19)18-7-9-1-4-13-14(5-9)21-8-20-13/h1-6H,7-8H2,(H,18,19). The van der Waals surface area contributed by atoms with Crippen LogP contribution in [0.1, 0.15) is 15.9 Å². The fourth-order valence-corrected chi connectivity index (χ4v) is 2.00. The predicted molar refractivity (Wildman–Crippen MR) is 70.1 cm³/mol. The molecule has 108 valence electrons. The molecule has 0 aromatic heterocycles. The van der Waals surface area contributed by atoms with Gasteiger partial charge in [-0.2, -0.15) is 0 Å². The topological polar surface area (TPSA) is 47.6 Å². The highest BCUT2D eigenvalue weighted by atomic mass is 19.1. The lowest BCUT2D eigenvalue weighted by Crippen LogP contribution is -2.23. The van der Waals surface area contributed by atoms with Crippen LogP contribution in [0.2, 0.25) is 0 Å². The second-order valence-electron chi connectivity index (χ2n) is 4.49. The van der Waals surface area contributed by atoms with E-state index in [1.165, 1.54) is 0 Å². The first kappa shape index (κ1) is 13.4. The number of ether oxygens (including phenoxy) is 2. The van der Waals surface area contributed by atoms with Crippen molar-refractivity contribution in [3.05, 3.63) is 59.2 Å². The summed E-state index contributed by atoms with van der Waals surface area (Å²) < 4.78 is 36.7. The van der Waals surface area contributed by atoms with Crippen LogP contribution in [0, 0.1) is 11.6 Å². The Morgan fingerprint density at radius 3 is 2.71 bits per heavy atom. The second-order valence-corrected chi connectivity index (χ2v) is 4.49. The van der Waals surface area contributed by atoms with Gasteiger partial charge in [0.1, 0.15) is 11.6 Å². The van der Waals surface area contributed by atoms with Crippen molar-refractivity contribution in [3.8, 4) is 11.5 Å². The van der Waals surface area contributed by atoms with Gasteiger partial charge in [0, 0.05) is 12.6 Å². The van der Waals surface area contributed by atoms with Gasteiger partial charge in [0.15, 0.2) is 11.5 Å². The van der Waals surface area contributed by atoms with Crippen molar-refractivity contribution in [3.63, 3.8) is 0 Å². The first-order chi connectivity index (χ1) is 10.1. The number of carbonyl (C=O) groups excluding carboxylic acids is 1. The number of amides is 1. The summed E-state index contributed by atoms with van der Waals surface area (Å²) in [5.74, 6) is -0.965. The number of carbonyl (C=O) groups is 1. The molecule has 0 bridgehead atoms. The van der Waals surface area contributed by atoms with Gasteiger partial charge in [-0.15, -0.1) is 0 Å². The Labute approximate surface area is 119 Å². The van der Waals surface area contributed by atoms with Gasteiger partial charge < -0.3 is 14.8 Å². The van der Waals surface area contributed by atoms with Crippen LogP contribution < -0.4 is 14.8 Å². The first-order valence-electron chi connectivity index (χ1n) is 6.25. The van der Waals surface area contributed by atoms with Crippen molar-refractivity contribution in [2.45, 2.75) is 6.54 Å². The Morgan fingerprint density at radius 2 is 1.90 bits per heavy atom. The first-order valence-corrected chi connectivity index (χ1v) is 6.25. The van der Waals surface area contributed by atoms with Crippen LogP contribution >= 0.6 is 0 Å². The Bertz CT molecular complexity index is 703. The van der Waals surface area contributed by atoms with Gasteiger partial charge in [-0.1, -0.05) is 6.07 Å². The number of rotatable bonds is 3. The molecule has 2 aromatic rings. The lowest BCUT2D eigenvalue weighted by molar-refractivity contribution is 0.0946. The molecule has 0 saturated carbocycles. The third kappa shape index (κ3) is 2.79. The minimum absolute atomic E-state index is 0.173. The van der Waals surface area contributed by atoms with Crippen molar-refractivity contribution in [1.82, 2.24) is 5.32 Å². The number of benzene rings is 2. The van der Waals surface area contributed by atoms with Gasteiger partial charge in [0.25, 0.3) is 5.91 Å². The van der Waals surface area contributed by atoms with E-state index in [9.17, 15) is 13.6 Å². The molecule has 0 atom stereocenters. The van der Waals surface area contributed by atoms with Crippen LogP contribution in [0.4, 0.5) is 8.78 Å². The lowest BCUT2D eigenvalue weighted by atomic mass is 10.1. The molecule has 0 fully saturated rings. The van der Waals surface area contributed by atoms with Crippen molar-refractivity contribution < 1.29 is 23.0 Å². The summed E-state index contributed by atoms with van der Waals surface area (Å²) in [6.45, 7) is 0.373. The molecule has 2 aromatic carbocycles. The maximum absolute atomic E-state index is 13.5. The molecule has 0 saturated heterocycles. The van der Waals surface area contributed by atoms with Crippen LogP contribution in [-0.4, -0.2) is 12.7 Å². The third-order valence-corrected chi connectivity index (χ3v) is 3.07. The van der Waals surface area contributed by atoms with E-state index in [1.54, 1.807) is 18.2 Å². The minimum atomic E-state index is -0.891. The molecule has 1 heterocycles. The number of fused-ring (bicyclic) bond motifs is 1. The zero-order valence-electron chi connectivity index (χ0n) is 10.9. The Kier molecular flexibility index (Phi) is 3.43. The highest BCUT2D eigenvalue weighted by molar-refractivity contribution is 5.94. The second kappa shape index (κ2) is 5.40. The molecular formula is C15H11F2NO3. The highest BCUT2D eigenvalue weighted by Crippen LogP contribution is 2.32. The highest BCUT2D eigenvalue weighted by Gasteiger charge is 2.15. The number of hydrogen-bond acceptors (Lipinski definition) is 3. The zero-order chi connectivity index (χ0) is 14.8. The van der Waals surface area contributed by atoms with Crippen molar-refractivity contribution in [2.24, 2.45) is 0 Å². The predicted octanol–water partition coefficient (Wildman–Crippen LogP) is 2.62. The van der Waals surface area contributed by atoms with E-state index in [-0.39, 0.29) is 18.9 Å². The van der Waals surface area contributed by atoms with E-state index >= 15 is 0 Å². The zero-order valence-corrected chi connectivity index (χ0v) is 10.9. The van der Waals surface area contributed by atoms with E-state index in [0.717, 1.165) is 17.7 Å². The quantitative estimate of drug-likeness (QED) is 0.945. The number of nitrogens with one attached hydrogen (secondary N) is 1. The number of halogens is 2. The van der Waals surface area contributed by atoms with Gasteiger partial charge in [-0.05, 0) is 29.8 Å². The van der Waals surface area contributed by atoms with Crippen LogP contribution in [0.15, 0.2) is 36.4 Å². The maximum atomic E-state index is 13.5. The van der Waals surface area contributed by atoms with Gasteiger partial charge >= 0.3 is 0 Å². The van der Waals surface area contributed by atoms with E-state index < -0.39 is 17.5 Å². The molecular weight excluding hydrogens is 280 g/mol. The van der Waals surface area contributed by atoms with Crippen LogP contribution in [0.5, 0.6) is 11.5 Å². The van der Waals surface area contributed by atoms with E-state index in [4.69, 9.17) is 9.47 Å². The largest absolute Gasteiger partial charge is 0.454 e. The molecule has 0 aliphatic carbocycles. The maximum Gasteiger partial charge on any atom is 0.254 e. The summed E-state index contributed by atoms with van der Waals surface area (Å²) in [7, 11) is 0. The average Bonchev–Trinajstić information content (AvgIpc) is 2.92. The van der Waals surface area contributed by atoms with Gasteiger partial charge in [-0.25, -0.2) is 8.78 Å². The summed E-state index contributed by atoms with van der Waals surface area (Å²) in [5.41, 5.74) is 0.590. The summed E-state index contributed by atoms with van der Waals surface area (Å²) in [6, 6.07) is 8.08. The molecule has 1 amide bonds. The van der Waals surface area contributed by atoms with E-state index in [1.807, 2.05) is 0 Å².